The Bertz CT molecular complexity index is 1060. The zero-order valence-electron chi connectivity index (χ0n) is 15.4. The summed E-state index contributed by atoms with van der Waals surface area (Å²) in [5.74, 6) is -1.17. The molecule has 0 unspecified atom stereocenters. The van der Waals surface area contributed by atoms with Crippen molar-refractivity contribution in [3.8, 4) is 0 Å². The number of esters is 1. The van der Waals surface area contributed by atoms with Gasteiger partial charge in [0.25, 0.3) is 11.8 Å². The Kier molecular flexibility index (Phi) is 6.41. The van der Waals surface area contributed by atoms with E-state index in [0.717, 1.165) is 4.47 Å². The number of amides is 2. The highest BCUT2D eigenvalue weighted by atomic mass is 79.9. The highest BCUT2D eigenvalue weighted by Crippen LogP contribution is 2.20. The molecule has 0 atom stereocenters. The van der Waals surface area contributed by atoms with Crippen LogP contribution in [-0.2, 0) is 4.74 Å². The van der Waals surface area contributed by atoms with Crippen molar-refractivity contribution in [2.24, 2.45) is 0 Å². The number of hydrogen-bond donors (Lipinski definition) is 2. The van der Waals surface area contributed by atoms with Crippen molar-refractivity contribution in [1.29, 1.82) is 0 Å². The minimum atomic E-state index is -0.455. The number of halogens is 1. The van der Waals surface area contributed by atoms with Crippen LogP contribution in [0.2, 0.25) is 0 Å². The van der Waals surface area contributed by atoms with Crippen LogP contribution < -0.4 is 10.6 Å². The van der Waals surface area contributed by atoms with Gasteiger partial charge in [0, 0.05) is 15.7 Å². The van der Waals surface area contributed by atoms with Crippen molar-refractivity contribution < 1.29 is 19.1 Å². The van der Waals surface area contributed by atoms with Crippen molar-refractivity contribution in [2.75, 3.05) is 17.7 Å². The van der Waals surface area contributed by atoms with Gasteiger partial charge in [0.15, 0.2) is 0 Å². The number of hydrogen-bond acceptors (Lipinski definition) is 4. The van der Waals surface area contributed by atoms with Gasteiger partial charge in [0.2, 0.25) is 0 Å². The average molecular weight is 453 g/mol. The number of para-hydroxylation sites is 1. The summed E-state index contributed by atoms with van der Waals surface area (Å²) >= 11 is 3.34. The number of nitrogens with one attached hydrogen (secondary N) is 2. The second-order valence-corrected chi connectivity index (χ2v) is 6.95. The summed E-state index contributed by atoms with van der Waals surface area (Å²) in [5, 5.41) is 5.53. The predicted molar refractivity (Wildman–Crippen MR) is 114 cm³/mol. The molecule has 0 fully saturated rings. The second-order valence-electron chi connectivity index (χ2n) is 6.03. The van der Waals surface area contributed by atoms with Gasteiger partial charge in [-0.1, -0.05) is 34.1 Å². The van der Waals surface area contributed by atoms with Crippen LogP contribution in [0.15, 0.2) is 77.3 Å². The lowest BCUT2D eigenvalue weighted by Gasteiger charge is -2.12. The molecule has 146 valence electrons. The quantitative estimate of drug-likeness (QED) is 0.547. The van der Waals surface area contributed by atoms with Gasteiger partial charge in [-0.25, -0.2) is 4.79 Å². The fourth-order valence-electron chi connectivity index (χ4n) is 2.62. The predicted octanol–water partition coefficient (Wildman–Crippen LogP) is 4.74. The van der Waals surface area contributed by atoms with Crippen LogP contribution >= 0.6 is 15.9 Å². The smallest absolute Gasteiger partial charge is 0.337 e. The van der Waals surface area contributed by atoms with Gasteiger partial charge in [0.05, 0.1) is 23.9 Å². The van der Waals surface area contributed by atoms with E-state index in [1.165, 1.54) is 7.11 Å². The van der Waals surface area contributed by atoms with E-state index in [1.54, 1.807) is 66.7 Å². The van der Waals surface area contributed by atoms with Crippen molar-refractivity contribution in [1.82, 2.24) is 0 Å². The summed E-state index contributed by atoms with van der Waals surface area (Å²) in [7, 11) is 1.30. The van der Waals surface area contributed by atoms with E-state index in [9.17, 15) is 14.4 Å². The zero-order chi connectivity index (χ0) is 20.8. The number of carbonyl (C=O) groups excluding carboxylic acids is 3. The number of rotatable bonds is 5. The van der Waals surface area contributed by atoms with E-state index in [1.807, 2.05) is 6.07 Å². The SMILES string of the molecule is COC(=O)c1ccc(NC(=O)c2ccccc2NC(=O)c2cccc(Br)c2)cc1. The third-order valence-electron chi connectivity index (χ3n) is 4.07. The van der Waals surface area contributed by atoms with Crippen LogP contribution in [0.3, 0.4) is 0 Å². The fourth-order valence-corrected chi connectivity index (χ4v) is 3.02. The molecule has 0 aliphatic rings. The van der Waals surface area contributed by atoms with Crippen molar-refractivity contribution in [2.45, 2.75) is 0 Å². The first kappa shape index (κ1) is 20.3. The lowest BCUT2D eigenvalue weighted by molar-refractivity contribution is 0.0600. The average Bonchev–Trinajstić information content (AvgIpc) is 2.74. The Morgan fingerprint density at radius 1 is 0.793 bits per heavy atom. The number of benzene rings is 3. The van der Waals surface area contributed by atoms with Crippen LogP contribution in [0.4, 0.5) is 11.4 Å². The number of methoxy groups -OCH3 is 1. The molecular formula is C22H17BrN2O4. The van der Waals surface area contributed by atoms with E-state index in [0.29, 0.717) is 28.1 Å². The second kappa shape index (κ2) is 9.16. The summed E-state index contributed by atoms with van der Waals surface area (Å²) in [6.45, 7) is 0. The number of carbonyl (C=O) groups is 3. The molecule has 3 aromatic carbocycles. The van der Waals surface area contributed by atoms with Crippen LogP contribution in [0.25, 0.3) is 0 Å². The minimum absolute atomic E-state index is 0.313. The Labute approximate surface area is 176 Å². The Balaban J connectivity index is 1.76. The number of ether oxygens (including phenoxy) is 1. The molecule has 0 saturated carbocycles. The standard InChI is InChI=1S/C22H17BrN2O4/c1-29-22(28)14-9-11-17(12-10-14)24-21(27)18-7-2-3-8-19(18)25-20(26)15-5-4-6-16(23)13-15/h2-13H,1H3,(H,24,27)(H,25,26). The molecule has 6 nitrogen and oxygen atoms in total. The van der Waals surface area contributed by atoms with Crippen LogP contribution in [-0.4, -0.2) is 24.9 Å². The fraction of sp³-hybridized carbons (Fsp3) is 0.0455. The van der Waals surface area contributed by atoms with Gasteiger partial charge in [-0.2, -0.15) is 0 Å². The summed E-state index contributed by atoms with van der Waals surface area (Å²) < 4.78 is 5.44. The van der Waals surface area contributed by atoms with E-state index < -0.39 is 5.97 Å². The molecule has 0 saturated heterocycles. The highest BCUT2D eigenvalue weighted by Gasteiger charge is 2.15. The summed E-state index contributed by atoms with van der Waals surface area (Å²) in [4.78, 5) is 36.7. The molecule has 2 N–H and O–H groups in total. The highest BCUT2D eigenvalue weighted by molar-refractivity contribution is 9.10. The van der Waals surface area contributed by atoms with Gasteiger partial charge in [-0.05, 0) is 54.6 Å². The van der Waals surface area contributed by atoms with Crippen LogP contribution in [0, 0.1) is 0 Å². The topological polar surface area (TPSA) is 84.5 Å². The van der Waals surface area contributed by atoms with E-state index in [4.69, 9.17) is 0 Å². The first-order chi connectivity index (χ1) is 14.0. The minimum Gasteiger partial charge on any atom is -0.465 e. The van der Waals surface area contributed by atoms with E-state index in [2.05, 4.69) is 31.3 Å². The lowest BCUT2D eigenvalue weighted by Crippen LogP contribution is -2.18. The lowest BCUT2D eigenvalue weighted by atomic mass is 10.1. The monoisotopic (exact) mass is 452 g/mol. The molecule has 0 aliphatic carbocycles. The summed E-state index contributed by atoms with van der Waals surface area (Å²) in [6.07, 6.45) is 0. The summed E-state index contributed by atoms with van der Waals surface area (Å²) in [6, 6.07) is 20.0. The third-order valence-corrected chi connectivity index (χ3v) is 4.56. The Morgan fingerprint density at radius 2 is 1.52 bits per heavy atom. The van der Waals surface area contributed by atoms with E-state index in [-0.39, 0.29) is 11.8 Å². The first-order valence-electron chi connectivity index (χ1n) is 8.63. The van der Waals surface area contributed by atoms with Gasteiger partial charge in [-0.3, -0.25) is 9.59 Å². The largest absolute Gasteiger partial charge is 0.465 e. The van der Waals surface area contributed by atoms with Crippen molar-refractivity contribution in [3.63, 3.8) is 0 Å². The molecule has 29 heavy (non-hydrogen) atoms. The van der Waals surface area contributed by atoms with E-state index >= 15 is 0 Å². The van der Waals surface area contributed by atoms with Gasteiger partial charge in [-0.15, -0.1) is 0 Å². The first-order valence-corrected chi connectivity index (χ1v) is 9.43. The van der Waals surface area contributed by atoms with Crippen molar-refractivity contribution in [3.05, 3.63) is 94.0 Å². The maximum Gasteiger partial charge on any atom is 0.337 e. The molecule has 7 heteroatoms. The summed E-state index contributed by atoms with van der Waals surface area (Å²) in [5.41, 5.74) is 2.06. The molecule has 2 amide bonds. The molecule has 0 heterocycles. The van der Waals surface area contributed by atoms with Gasteiger partial charge >= 0.3 is 5.97 Å². The van der Waals surface area contributed by atoms with Gasteiger partial charge < -0.3 is 15.4 Å². The normalized spacial score (nSPS) is 10.1. The maximum atomic E-state index is 12.7. The van der Waals surface area contributed by atoms with Crippen LogP contribution in [0.1, 0.15) is 31.1 Å². The Hall–Kier alpha value is -3.45. The third kappa shape index (κ3) is 5.08. The molecular weight excluding hydrogens is 436 g/mol. The Morgan fingerprint density at radius 3 is 2.21 bits per heavy atom. The number of anilines is 2. The molecule has 0 spiro atoms. The molecule has 3 rings (SSSR count). The maximum absolute atomic E-state index is 12.7. The molecule has 3 aromatic rings. The molecule has 0 bridgehead atoms. The van der Waals surface area contributed by atoms with Gasteiger partial charge in [0.1, 0.15) is 0 Å². The molecule has 0 aromatic heterocycles. The van der Waals surface area contributed by atoms with Crippen LogP contribution in [0.5, 0.6) is 0 Å². The zero-order valence-corrected chi connectivity index (χ0v) is 17.0. The molecule has 0 radical (unpaired) electrons. The van der Waals surface area contributed by atoms with Crippen molar-refractivity contribution >= 4 is 45.1 Å². The molecule has 0 aliphatic heterocycles.